The van der Waals surface area contributed by atoms with Crippen molar-refractivity contribution in [1.82, 2.24) is 0 Å². The fourth-order valence-corrected chi connectivity index (χ4v) is 2.12. The Morgan fingerprint density at radius 2 is 1.74 bits per heavy atom. The van der Waals surface area contributed by atoms with E-state index in [1.165, 1.54) is 0 Å². The summed E-state index contributed by atoms with van der Waals surface area (Å²) < 4.78 is 5.67. The van der Waals surface area contributed by atoms with Crippen molar-refractivity contribution in [2.45, 2.75) is 13.0 Å². The minimum Gasteiger partial charge on any atom is -0.454 e. The Kier molecular flexibility index (Phi) is 4.58. The van der Waals surface area contributed by atoms with Crippen LogP contribution in [0.15, 0.2) is 36.4 Å². The third-order valence-electron chi connectivity index (χ3n) is 2.62. The van der Waals surface area contributed by atoms with Gasteiger partial charge in [-0.25, -0.2) is 0 Å². The maximum Gasteiger partial charge on any atom is 0.147 e. The molecule has 1 unspecified atom stereocenters. The molecule has 0 saturated carbocycles. The number of hydrogen-bond donors (Lipinski definition) is 1. The number of nitrogens with two attached hydrogens (primary N) is 1. The second kappa shape index (κ2) is 6.02. The molecule has 0 spiro atoms. The highest BCUT2D eigenvalue weighted by Gasteiger charge is 2.10. The van der Waals surface area contributed by atoms with Crippen molar-refractivity contribution in [3.05, 3.63) is 57.0 Å². The van der Waals surface area contributed by atoms with Gasteiger partial charge in [0.15, 0.2) is 0 Å². The Morgan fingerprint density at radius 3 is 2.37 bits per heavy atom. The molecule has 0 amide bonds. The van der Waals surface area contributed by atoms with Crippen LogP contribution in [0.25, 0.3) is 0 Å². The summed E-state index contributed by atoms with van der Waals surface area (Å²) in [5.41, 5.74) is 6.73. The predicted molar refractivity (Wildman–Crippen MR) is 80.6 cm³/mol. The molecular weight excluding hydrogens is 305 g/mol. The largest absolute Gasteiger partial charge is 0.454 e. The summed E-state index contributed by atoms with van der Waals surface area (Å²) in [6.45, 7) is 1.89. The molecule has 0 aliphatic rings. The van der Waals surface area contributed by atoms with E-state index in [9.17, 15) is 0 Å². The lowest BCUT2D eigenvalue weighted by Crippen LogP contribution is -2.04. The lowest BCUT2D eigenvalue weighted by atomic mass is 10.1. The van der Waals surface area contributed by atoms with Gasteiger partial charge in [0, 0.05) is 6.04 Å². The molecule has 0 bridgehead atoms. The van der Waals surface area contributed by atoms with Crippen molar-refractivity contribution in [2.75, 3.05) is 0 Å². The van der Waals surface area contributed by atoms with E-state index < -0.39 is 0 Å². The van der Waals surface area contributed by atoms with Crippen molar-refractivity contribution in [3.8, 4) is 11.5 Å². The molecule has 0 aromatic heterocycles. The number of rotatable bonds is 3. The van der Waals surface area contributed by atoms with E-state index in [1.54, 1.807) is 30.3 Å². The van der Waals surface area contributed by atoms with Gasteiger partial charge in [-0.3, -0.25) is 0 Å². The lowest BCUT2D eigenvalue weighted by Gasteiger charge is -2.12. The molecule has 0 aliphatic carbocycles. The molecule has 0 heterocycles. The fraction of sp³-hybridized carbons (Fsp3) is 0.143. The normalized spacial score (nSPS) is 12.3. The van der Waals surface area contributed by atoms with Crippen LogP contribution in [0.5, 0.6) is 11.5 Å². The maximum absolute atomic E-state index is 6.16. The van der Waals surface area contributed by atoms with Crippen LogP contribution >= 0.6 is 34.8 Å². The van der Waals surface area contributed by atoms with Crippen LogP contribution in [0.3, 0.4) is 0 Å². The van der Waals surface area contributed by atoms with E-state index in [0.717, 1.165) is 5.56 Å². The molecule has 2 N–H and O–H groups in total. The molecule has 2 aromatic rings. The van der Waals surface area contributed by atoms with E-state index in [1.807, 2.05) is 13.0 Å². The monoisotopic (exact) mass is 315 g/mol. The van der Waals surface area contributed by atoms with Gasteiger partial charge in [-0.15, -0.1) is 0 Å². The van der Waals surface area contributed by atoms with Crippen molar-refractivity contribution in [2.24, 2.45) is 5.73 Å². The van der Waals surface area contributed by atoms with Crippen LogP contribution in [-0.2, 0) is 0 Å². The van der Waals surface area contributed by atoms with Gasteiger partial charge in [0.05, 0.1) is 10.0 Å². The standard InChI is InChI=1S/C14H12Cl3NO/c1-8(18)9-5-6-12(11(16)7-9)19-13-4-2-3-10(15)14(13)17/h2-8H,18H2,1H3. The molecule has 2 rings (SSSR count). The van der Waals surface area contributed by atoms with Crippen LogP contribution < -0.4 is 10.5 Å². The van der Waals surface area contributed by atoms with Crippen LogP contribution in [-0.4, -0.2) is 0 Å². The Morgan fingerprint density at radius 1 is 1.00 bits per heavy atom. The first kappa shape index (κ1) is 14.5. The first-order chi connectivity index (χ1) is 8.99. The SMILES string of the molecule is CC(N)c1ccc(Oc2cccc(Cl)c2Cl)c(Cl)c1. The predicted octanol–water partition coefficient (Wildman–Crippen LogP) is 5.46. The Hall–Kier alpha value is -0.930. The number of halogens is 3. The Balaban J connectivity index is 2.31. The smallest absolute Gasteiger partial charge is 0.147 e. The Labute approximate surface area is 127 Å². The molecular formula is C14H12Cl3NO. The van der Waals surface area contributed by atoms with Crippen LogP contribution in [0.1, 0.15) is 18.5 Å². The van der Waals surface area contributed by atoms with Gasteiger partial charge in [0.25, 0.3) is 0 Å². The third kappa shape index (κ3) is 3.34. The summed E-state index contributed by atoms with van der Waals surface area (Å²) >= 11 is 18.1. The summed E-state index contributed by atoms with van der Waals surface area (Å²) in [4.78, 5) is 0. The Bertz CT molecular complexity index is 599. The highest BCUT2D eigenvalue weighted by molar-refractivity contribution is 6.43. The summed E-state index contributed by atoms with van der Waals surface area (Å²) in [5, 5.41) is 1.27. The highest BCUT2D eigenvalue weighted by Crippen LogP contribution is 2.37. The highest BCUT2D eigenvalue weighted by atomic mass is 35.5. The minimum atomic E-state index is -0.0821. The molecule has 2 aromatic carbocycles. The zero-order valence-corrected chi connectivity index (χ0v) is 12.4. The first-order valence-corrected chi connectivity index (χ1v) is 6.79. The first-order valence-electron chi connectivity index (χ1n) is 5.66. The average molecular weight is 317 g/mol. The van der Waals surface area contributed by atoms with E-state index in [0.29, 0.717) is 26.6 Å². The van der Waals surface area contributed by atoms with Gasteiger partial charge in [0.2, 0.25) is 0 Å². The zero-order valence-electron chi connectivity index (χ0n) is 10.2. The van der Waals surface area contributed by atoms with Gasteiger partial charge in [-0.1, -0.05) is 46.9 Å². The molecule has 1 atom stereocenters. The van der Waals surface area contributed by atoms with Gasteiger partial charge >= 0.3 is 0 Å². The van der Waals surface area contributed by atoms with Crippen LogP contribution in [0.4, 0.5) is 0 Å². The van der Waals surface area contributed by atoms with Gasteiger partial charge in [-0.05, 0) is 36.8 Å². The lowest BCUT2D eigenvalue weighted by molar-refractivity contribution is 0.483. The minimum absolute atomic E-state index is 0.0821. The zero-order chi connectivity index (χ0) is 14.0. The fourth-order valence-electron chi connectivity index (χ4n) is 1.56. The van der Waals surface area contributed by atoms with E-state index in [4.69, 9.17) is 45.3 Å². The molecule has 2 nitrogen and oxygen atoms in total. The van der Waals surface area contributed by atoms with E-state index >= 15 is 0 Å². The second-order valence-electron chi connectivity index (χ2n) is 4.13. The molecule has 19 heavy (non-hydrogen) atoms. The van der Waals surface area contributed by atoms with Gasteiger partial charge in [0.1, 0.15) is 16.5 Å². The van der Waals surface area contributed by atoms with Crippen LogP contribution in [0.2, 0.25) is 15.1 Å². The molecule has 0 saturated heterocycles. The molecule has 0 radical (unpaired) electrons. The van der Waals surface area contributed by atoms with Crippen molar-refractivity contribution in [3.63, 3.8) is 0 Å². The van der Waals surface area contributed by atoms with Gasteiger partial charge < -0.3 is 10.5 Å². The van der Waals surface area contributed by atoms with Crippen LogP contribution in [0, 0.1) is 0 Å². The summed E-state index contributed by atoms with van der Waals surface area (Å²) in [6, 6.07) is 10.5. The van der Waals surface area contributed by atoms with Crippen molar-refractivity contribution < 1.29 is 4.74 Å². The number of ether oxygens (including phenoxy) is 1. The summed E-state index contributed by atoms with van der Waals surface area (Å²) in [5.74, 6) is 0.972. The molecule has 5 heteroatoms. The summed E-state index contributed by atoms with van der Waals surface area (Å²) in [6.07, 6.45) is 0. The second-order valence-corrected chi connectivity index (χ2v) is 5.32. The molecule has 0 aliphatic heterocycles. The quantitative estimate of drug-likeness (QED) is 0.816. The van der Waals surface area contributed by atoms with E-state index in [2.05, 4.69) is 0 Å². The number of benzene rings is 2. The van der Waals surface area contributed by atoms with Crippen molar-refractivity contribution in [1.29, 1.82) is 0 Å². The van der Waals surface area contributed by atoms with Gasteiger partial charge in [-0.2, -0.15) is 0 Å². The average Bonchev–Trinajstić information content (AvgIpc) is 2.37. The number of hydrogen-bond acceptors (Lipinski definition) is 2. The van der Waals surface area contributed by atoms with Crippen molar-refractivity contribution >= 4 is 34.8 Å². The maximum atomic E-state index is 6.16. The molecule has 100 valence electrons. The van der Waals surface area contributed by atoms with E-state index in [-0.39, 0.29) is 6.04 Å². The third-order valence-corrected chi connectivity index (χ3v) is 3.71. The summed E-state index contributed by atoms with van der Waals surface area (Å²) in [7, 11) is 0. The molecule has 0 fully saturated rings. The topological polar surface area (TPSA) is 35.2 Å².